The van der Waals surface area contributed by atoms with Crippen molar-refractivity contribution in [1.82, 2.24) is 14.6 Å². The third-order valence-electron chi connectivity index (χ3n) is 3.00. The number of anilines is 1. The molecule has 3 rings (SSSR count). The zero-order valence-electron chi connectivity index (χ0n) is 10.2. The standard InChI is InChI=1S/C11H12N4O2.Li/c16-11(17)8-7-12-15-6-3-9(13-10(8)15)14-4-1-2-5-14;/h3,6-7H,1-2,4-5H2,(H,16,17);/q;+1/p-1. The van der Waals surface area contributed by atoms with Gasteiger partial charge >= 0.3 is 18.9 Å². The van der Waals surface area contributed by atoms with Gasteiger partial charge in [-0.3, -0.25) is 0 Å². The minimum Gasteiger partial charge on any atom is -0.545 e. The molecule has 6 nitrogen and oxygen atoms in total. The van der Waals surface area contributed by atoms with Gasteiger partial charge in [0.15, 0.2) is 5.65 Å². The van der Waals surface area contributed by atoms with Crippen LogP contribution in [0.3, 0.4) is 0 Å². The number of hydrogen-bond acceptors (Lipinski definition) is 5. The largest absolute Gasteiger partial charge is 1.00 e. The van der Waals surface area contributed by atoms with Crippen molar-refractivity contribution in [2.24, 2.45) is 0 Å². The maximum atomic E-state index is 10.9. The molecule has 0 bridgehead atoms. The quantitative estimate of drug-likeness (QED) is 0.512. The fourth-order valence-electron chi connectivity index (χ4n) is 2.13. The van der Waals surface area contributed by atoms with Crippen LogP contribution in [0.2, 0.25) is 0 Å². The smallest absolute Gasteiger partial charge is 0.545 e. The normalized spacial score (nSPS) is 14.8. The van der Waals surface area contributed by atoms with E-state index in [0.29, 0.717) is 5.65 Å². The molecule has 0 unspecified atom stereocenters. The summed E-state index contributed by atoms with van der Waals surface area (Å²) in [6, 6.07) is 1.85. The van der Waals surface area contributed by atoms with E-state index < -0.39 is 5.97 Å². The Labute approximate surface area is 116 Å². The molecule has 18 heavy (non-hydrogen) atoms. The summed E-state index contributed by atoms with van der Waals surface area (Å²) < 4.78 is 1.45. The van der Waals surface area contributed by atoms with Gasteiger partial charge in [0.25, 0.3) is 0 Å². The Morgan fingerprint density at radius 3 is 2.72 bits per heavy atom. The molecule has 3 heterocycles. The van der Waals surface area contributed by atoms with Crippen LogP contribution in [0.25, 0.3) is 5.65 Å². The van der Waals surface area contributed by atoms with Crippen LogP contribution in [-0.2, 0) is 0 Å². The summed E-state index contributed by atoms with van der Waals surface area (Å²) in [7, 11) is 0. The van der Waals surface area contributed by atoms with Crippen LogP contribution in [0.15, 0.2) is 18.5 Å². The Balaban J connectivity index is 0.00000120. The number of carboxylic acids is 1. The Kier molecular flexibility index (Phi) is 3.59. The third kappa shape index (κ3) is 2.09. The van der Waals surface area contributed by atoms with E-state index in [9.17, 15) is 9.90 Å². The number of aromatic nitrogens is 3. The monoisotopic (exact) mass is 238 g/mol. The summed E-state index contributed by atoms with van der Waals surface area (Å²) in [4.78, 5) is 17.4. The Bertz CT molecular complexity index is 577. The molecular formula is C11H11LiN4O2. The maximum Gasteiger partial charge on any atom is 1.00 e. The van der Waals surface area contributed by atoms with Crippen molar-refractivity contribution in [3.63, 3.8) is 0 Å². The van der Waals surface area contributed by atoms with Crippen LogP contribution in [-0.4, -0.2) is 33.7 Å². The van der Waals surface area contributed by atoms with E-state index in [1.165, 1.54) is 10.7 Å². The van der Waals surface area contributed by atoms with Gasteiger partial charge in [-0.2, -0.15) is 5.10 Å². The molecule has 2 aromatic heterocycles. The van der Waals surface area contributed by atoms with Crippen molar-refractivity contribution in [1.29, 1.82) is 0 Å². The summed E-state index contributed by atoms with van der Waals surface area (Å²) in [6.45, 7) is 1.94. The predicted octanol–water partition coefficient (Wildman–Crippen LogP) is -3.30. The van der Waals surface area contributed by atoms with Crippen molar-refractivity contribution in [3.05, 3.63) is 24.0 Å². The predicted molar refractivity (Wildman–Crippen MR) is 58.8 cm³/mol. The van der Waals surface area contributed by atoms with E-state index in [0.717, 1.165) is 31.7 Å². The van der Waals surface area contributed by atoms with Crippen LogP contribution >= 0.6 is 0 Å². The second-order valence-electron chi connectivity index (χ2n) is 4.09. The number of rotatable bonds is 2. The fraction of sp³-hybridized carbons (Fsp3) is 0.364. The van der Waals surface area contributed by atoms with E-state index in [2.05, 4.69) is 15.0 Å². The van der Waals surface area contributed by atoms with E-state index >= 15 is 0 Å². The van der Waals surface area contributed by atoms with Gasteiger partial charge < -0.3 is 14.8 Å². The summed E-state index contributed by atoms with van der Waals surface area (Å²) in [5, 5.41) is 14.8. The number of carbonyl (C=O) groups excluding carboxylic acids is 1. The molecule has 0 aromatic carbocycles. The third-order valence-corrected chi connectivity index (χ3v) is 3.00. The van der Waals surface area contributed by atoms with Crippen molar-refractivity contribution < 1.29 is 28.8 Å². The summed E-state index contributed by atoms with van der Waals surface area (Å²) in [6.07, 6.45) is 5.30. The number of carbonyl (C=O) groups is 1. The van der Waals surface area contributed by atoms with Crippen molar-refractivity contribution >= 4 is 17.4 Å². The second-order valence-corrected chi connectivity index (χ2v) is 4.09. The van der Waals surface area contributed by atoms with Gasteiger partial charge in [-0.25, -0.2) is 9.50 Å². The van der Waals surface area contributed by atoms with E-state index in [4.69, 9.17) is 0 Å². The Hall–Kier alpha value is -1.51. The van der Waals surface area contributed by atoms with Crippen LogP contribution in [0, 0.1) is 0 Å². The number of nitrogens with zero attached hydrogens (tertiary/aromatic N) is 4. The average Bonchev–Trinajstić information content (AvgIpc) is 2.97. The molecule has 1 fully saturated rings. The van der Waals surface area contributed by atoms with Gasteiger partial charge in [0.1, 0.15) is 5.82 Å². The van der Waals surface area contributed by atoms with Gasteiger partial charge in [-0.15, -0.1) is 0 Å². The Morgan fingerprint density at radius 2 is 2.06 bits per heavy atom. The Morgan fingerprint density at radius 1 is 1.33 bits per heavy atom. The van der Waals surface area contributed by atoms with Crippen LogP contribution in [0.5, 0.6) is 0 Å². The minimum absolute atomic E-state index is 0. The van der Waals surface area contributed by atoms with Gasteiger partial charge in [0.05, 0.1) is 17.7 Å². The fourth-order valence-corrected chi connectivity index (χ4v) is 2.13. The SMILES string of the molecule is O=C([O-])c1cnn2ccc(N3CCCC3)nc12.[Li+]. The maximum absolute atomic E-state index is 10.9. The molecule has 1 aliphatic rings. The first-order valence-corrected chi connectivity index (χ1v) is 5.56. The molecule has 7 heteroatoms. The van der Waals surface area contributed by atoms with Crippen LogP contribution in [0.1, 0.15) is 23.2 Å². The first kappa shape index (κ1) is 12.9. The second kappa shape index (κ2) is 5.00. The molecule has 1 saturated heterocycles. The zero-order chi connectivity index (χ0) is 11.8. The van der Waals surface area contributed by atoms with Gasteiger partial charge in [-0.05, 0) is 18.9 Å². The van der Waals surface area contributed by atoms with Crippen LogP contribution in [0.4, 0.5) is 5.82 Å². The van der Waals surface area contributed by atoms with E-state index in [-0.39, 0.29) is 24.4 Å². The van der Waals surface area contributed by atoms with Crippen molar-refractivity contribution in [2.45, 2.75) is 12.8 Å². The first-order valence-electron chi connectivity index (χ1n) is 5.56. The molecule has 0 amide bonds. The molecule has 0 saturated carbocycles. The summed E-state index contributed by atoms with van der Waals surface area (Å²) in [5.41, 5.74) is 0.375. The number of fused-ring (bicyclic) bond motifs is 1. The number of carboxylic acid groups (broad SMARTS) is 1. The summed E-state index contributed by atoms with van der Waals surface area (Å²) >= 11 is 0. The molecule has 88 valence electrons. The zero-order valence-corrected chi connectivity index (χ0v) is 10.2. The molecular weight excluding hydrogens is 227 g/mol. The van der Waals surface area contributed by atoms with Gasteiger partial charge in [0, 0.05) is 19.3 Å². The molecule has 0 radical (unpaired) electrons. The van der Waals surface area contributed by atoms with E-state index in [1.807, 2.05) is 6.07 Å². The van der Waals surface area contributed by atoms with Crippen LogP contribution < -0.4 is 28.9 Å². The van der Waals surface area contributed by atoms with Crippen molar-refractivity contribution in [3.8, 4) is 0 Å². The van der Waals surface area contributed by atoms with Gasteiger partial charge in [-0.1, -0.05) is 0 Å². The molecule has 0 aliphatic carbocycles. The first-order chi connectivity index (χ1) is 8.25. The van der Waals surface area contributed by atoms with E-state index in [1.54, 1.807) is 6.20 Å². The topological polar surface area (TPSA) is 73.6 Å². The number of hydrogen-bond donors (Lipinski definition) is 0. The minimum atomic E-state index is -1.24. The van der Waals surface area contributed by atoms with Gasteiger partial charge in [0.2, 0.25) is 0 Å². The molecule has 2 aromatic rings. The average molecular weight is 238 g/mol. The molecule has 0 spiro atoms. The summed E-state index contributed by atoms with van der Waals surface area (Å²) in [5.74, 6) is -0.441. The number of aromatic carboxylic acids is 1. The van der Waals surface area contributed by atoms with Crippen molar-refractivity contribution in [2.75, 3.05) is 18.0 Å². The molecule has 0 N–H and O–H groups in total. The molecule has 1 aliphatic heterocycles. The molecule has 0 atom stereocenters.